The third kappa shape index (κ3) is 2.54. The number of fused-ring (bicyclic) bond motifs is 1. The first-order valence-electron chi connectivity index (χ1n) is 5.87. The Kier molecular flexibility index (Phi) is 3.68. The highest BCUT2D eigenvalue weighted by atomic mass is 35.5. The third-order valence-corrected chi connectivity index (χ3v) is 3.08. The fourth-order valence-electron chi connectivity index (χ4n) is 1.97. The van der Waals surface area contributed by atoms with Crippen LogP contribution in [0.25, 0.3) is 5.65 Å². The zero-order valence-corrected chi connectivity index (χ0v) is 11.6. The molecule has 0 spiro atoms. The largest absolute Gasteiger partial charge is 0.305 e. The normalized spacial score (nSPS) is 12.9. The van der Waals surface area contributed by atoms with Crippen molar-refractivity contribution in [2.75, 3.05) is 6.54 Å². The van der Waals surface area contributed by atoms with Crippen LogP contribution >= 0.6 is 11.6 Å². The molecule has 18 heavy (non-hydrogen) atoms. The van der Waals surface area contributed by atoms with Gasteiger partial charge in [-0.25, -0.2) is 9.50 Å². The lowest BCUT2D eigenvalue weighted by atomic mass is 10.1. The van der Waals surface area contributed by atoms with E-state index in [0.717, 1.165) is 22.6 Å². The SMILES string of the molecule is C=C(Cl)CNC(C)c1cnc2cc(C)nn2c1C. The minimum Gasteiger partial charge on any atom is -0.305 e. The van der Waals surface area contributed by atoms with Gasteiger partial charge in [-0.2, -0.15) is 5.10 Å². The molecular formula is C13H17ClN4. The van der Waals surface area contributed by atoms with Gasteiger partial charge in [0.1, 0.15) is 0 Å². The maximum absolute atomic E-state index is 5.76. The summed E-state index contributed by atoms with van der Waals surface area (Å²) in [6.45, 7) is 10.3. The van der Waals surface area contributed by atoms with E-state index in [2.05, 4.69) is 28.9 Å². The molecule has 0 aliphatic carbocycles. The Morgan fingerprint density at radius 1 is 1.56 bits per heavy atom. The molecule has 1 N–H and O–H groups in total. The Hall–Kier alpha value is -1.39. The van der Waals surface area contributed by atoms with E-state index >= 15 is 0 Å². The van der Waals surface area contributed by atoms with Crippen LogP contribution in [-0.4, -0.2) is 21.1 Å². The van der Waals surface area contributed by atoms with Crippen molar-refractivity contribution in [1.82, 2.24) is 19.9 Å². The molecule has 0 aliphatic heterocycles. The highest BCUT2D eigenvalue weighted by molar-refractivity contribution is 6.29. The van der Waals surface area contributed by atoms with Crippen LogP contribution in [0.2, 0.25) is 0 Å². The van der Waals surface area contributed by atoms with Crippen LogP contribution in [0.5, 0.6) is 0 Å². The molecular weight excluding hydrogens is 248 g/mol. The molecule has 0 fully saturated rings. The van der Waals surface area contributed by atoms with Gasteiger partial charge < -0.3 is 5.32 Å². The van der Waals surface area contributed by atoms with Crippen molar-refractivity contribution in [2.45, 2.75) is 26.8 Å². The first-order valence-corrected chi connectivity index (χ1v) is 6.25. The lowest BCUT2D eigenvalue weighted by molar-refractivity contribution is 0.601. The Bertz CT molecular complexity index is 588. The van der Waals surface area contributed by atoms with Crippen molar-refractivity contribution >= 4 is 17.2 Å². The standard InChI is InChI=1S/C13H17ClN4/c1-8(14)6-15-10(3)12-7-16-13-5-9(2)17-18(13)11(12)4/h5,7,10,15H,1,6H2,2-4H3. The number of nitrogens with zero attached hydrogens (tertiary/aromatic N) is 3. The molecule has 5 heteroatoms. The van der Waals surface area contributed by atoms with E-state index in [1.165, 1.54) is 0 Å². The Morgan fingerprint density at radius 3 is 2.94 bits per heavy atom. The predicted octanol–water partition coefficient (Wildman–Crippen LogP) is 2.75. The van der Waals surface area contributed by atoms with E-state index in [4.69, 9.17) is 11.6 Å². The zero-order valence-electron chi connectivity index (χ0n) is 10.9. The molecule has 0 aliphatic rings. The van der Waals surface area contributed by atoms with Crippen molar-refractivity contribution in [3.63, 3.8) is 0 Å². The molecule has 0 saturated heterocycles. The Balaban J connectivity index is 2.33. The second-order valence-corrected chi connectivity index (χ2v) is 5.01. The molecule has 0 aromatic carbocycles. The van der Waals surface area contributed by atoms with Crippen LogP contribution in [0.4, 0.5) is 0 Å². The minimum absolute atomic E-state index is 0.155. The van der Waals surface area contributed by atoms with Gasteiger partial charge in [0, 0.05) is 41.1 Å². The van der Waals surface area contributed by atoms with Crippen LogP contribution < -0.4 is 5.32 Å². The molecule has 2 aromatic rings. The fraction of sp³-hybridized carbons (Fsp3) is 0.385. The van der Waals surface area contributed by atoms with Crippen LogP contribution in [0.15, 0.2) is 23.9 Å². The Morgan fingerprint density at radius 2 is 2.28 bits per heavy atom. The molecule has 0 amide bonds. The Labute approximate surface area is 112 Å². The fourth-order valence-corrected chi connectivity index (χ4v) is 2.05. The highest BCUT2D eigenvalue weighted by Gasteiger charge is 2.12. The smallest absolute Gasteiger partial charge is 0.155 e. The van der Waals surface area contributed by atoms with E-state index in [-0.39, 0.29) is 6.04 Å². The summed E-state index contributed by atoms with van der Waals surface area (Å²) in [7, 11) is 0. The maximum Gasteiger partial charge on any atom is 0.155 e. The van der Waals surface area contributed by atoms with Crippen molar-refractivity contribution in [3.8, 4) is 0 Å². The second-order valence-electron chi connectivity index (χ2n) is 4.47. The highest BCUT2D eigenvalue weighted by Crippen LogP contribution is 2.18. The number of aryl methyl sites for hydroxylation is 2. The summed E-state index contributed by atoms with van der Waals surface area (Å²) in [5, 5.41) is 8.33. The second kappa shape index (κ2) is 5.08. The van der Waals surface area contributed by atoms with Gasteiger partial charge in [0.15, 0.2) is 5.65 Å². The number of hydrogen-bond donors (Lipinski definition) is 1. The average molecular weight is 265 g/mol. The van der Waals surface area contributed by atoms with Gasteiger partial charge in [-0.1, -0.05) is 18.2 Å². The lowest BCUT2D eigenvalue weighted by Gasteiger charge is -2.16. The third-order valence-electron chi connectivity index (χ3n) is 2.95. The van der Waals surface area contributed by atoms with Gasteiger partial charge in [-0.3, -0.25) is 0 Å². The number of nitrogens with one attached hydrogen (secondary N) is 1. The molecule has 0 saturated carbocycles. The van der Waals surface area contributed by atoms with E-state index in [9.17, 15) is 0 Å². The van der Waals surface area contributed by atoms with Crippen LogP contribution in [0.3, 0.4) is 0 Å². The molecule has 2 rings (SSSR count). The van der Waals surface area contributed by atoms with Crippen LogP contribution in [0.1, 0.15) is 29.9 Å². The summed E-state index contributed by atoms with van der Waals surface area (Å²) in [4.78, 5) is 4.42. The van der Waals surface area contributed by atoms with Crippen molar-refractivity contribution < 1.29 is 0 Å². The summed E-state index contributed by atoms with van der Waals surface area (Å²) < 4.78 is 1.87. The number of rotatable bonds is 4. The summed E-state index contributed by atoms with van der Waals surface area (Å²) in [6, 6.07) is 2.12. The van der Waals surface area contributed by atoms with Crippen LogP contribution in [0, 0.1) is 13.8 Å². The summed E-state index contributed by atoms with van der Waals surface area (Å²) in [5.74, 6) is 0. The molecule has 0 bridgehead atoms. The van der Waals surface area contributed by atoms with Gasteiger partial charge in [0.05, 0.1) is 5.69 Å². The van der Waals surface area contributed by atoms with Gasteiger partial charge >= 0.3 is 0 Å². The van der Waals surface area contributed by atoms with E-state index in [0.29, 0.717) is 11.6 Å². The number of aromatic nitrogens is 3. The quantitative estimate of drug-likeness (QED) is 0.923. The molecule has 96 valence electrons. The van der Waals surface area contributed by atoms with E-state index < -0.39 is 0 Å². The van der Waals surface area contributed by atoms with E-state index in [1.807, 2.05) is 30.6 Å². The van der Waals surface area contributed by atoms with Crippen molar-refractivity contribution in [2.24, 2.45) is 0 Å². The van der Waals surface area contributed by atoms with Gasteiger partial charge in [0.2, 0.25) is 0 Å². The maximum atomic E-state index is 5.76. The summed E-state index contributed by atoms with van der Waals surface area (Å²) in [6.07, 6.45) is 1.89. The van der Waals surface area contributed by atoms with Gasteiger partial charge in [-0.15, -0.1) is 0 Å². The van der Waals surface area contributed by atoms with Crippen molar-refractivity contribution in [3.05, 3.63) is 40.8 Å². The molecule has 1 atom stereocenters. The number of hydrogen-bond acceptors (Lipinski definition) is 3. The molecule has 0 radical (unpaired) electrons. The molecule has 4 nitrogen and oxygen atoms in total. The first kappa shape index (κ1) is 13.1. The monoisotopic (exact) mass is 264 g/mol. The topological polar surface area (TPSA) is 42.2 Å². The molecule has 1 unspecified atom stereocenters. The van der Waals surface area contributed by atoms with Gasteiger partial charge in [0.25, 0.3) is 0 Å². The lowest BCUT2D eigenvalue weighted by Crippen LogP contribution is -2.21. The molecule has 2 aromatic heterocycles. The number of halogens is 1. The predicted molar refractivity (Wildman–Crippen MR) is 73.9 cm³/mol. The van der Waals surface area contributed by atoms with E-state index in [1.54, 1.807) is 0 Å². The zero-order chi connectivity index (χ0) is 13.3. The van der Waals surface area contributed by atoms with Crippen LogP contribution in [-0.2, 0) is 0 Å². The first-order chi connectivity index (χ1) is 8.49. The summed E-state index contributed by atoms with van der Waals surface area (Å²) in [5.41, 5.74) is 4.05. The minimum atomic E-state index is 0.155. The molecule has 2 heterocycles. The van der Waals surface area contributed by atoms with Crippen molar-refractivity contribution in [1.29, 1.82) is 0 Å². The summed E-state index contributed by atoms with van der Waals surface area (Å²) >= 11 is 5.76. The average Bonchev–Trinajstić information content (AvgIpc) is 2.68. The van der Waals surface area contributed by atoms with Gasteiger partial charge in [-0.05, 0) is 20.8 Å².